The third-order valence-electron chi connectivity index (χ3n) is 19.8. The van der Waals surface area contributed by atoms with E-state index in [2.05, 4.69) is 77.4 Å². The lowest BCUT2D eigenvalue weighted by Crippen LogP contribution is -2.52. The number of carboxylic acid groups (broad SMARTS) is 2. The van der Waals surface area contributed by atoms with Crippen LogP contribution in [0.4, 0.5) is 4.79 Å². The number of guanidine groups is 1. The molecule has 6 rings (SSSR count). The fraction of sp³-hybridized carbons (Fsp3) is 0.554. The van der Waals surface area contributed by atoms with Crippen LogP contribution in [0.2, 0.25) is 0 Å². The van der Waals surface area contributed by atoms with Crippen LogP contribution in [0.25, 0.3) is 10.9 Å². The number of rotatable bonds is 29. The third kappa shape index (κ3) is 28.7. The molecule has 36 nitrogen and oxygen atoms in total. The van der Waals surface area contributed by atoms with Gasteiger partial charge in [0.25, 0.3) is 0 Å². The van der Waals surface area contributed by atoms with E-state index < -0.39 is 236 Å². The van der Waals surface area contributed by atoms with Gasteiger partial charge in [0.15, 0.2) is 40.7 Å². The number of aliphatic carboxylic acids is 2. The van der Waals surface area contributed by atoms with Crippen molar-refractivity contribution in [3.05, 3.63) is 83.8 Å². The quantitative estimate of drug-likeness (QED) is 0.0134. The third-order valence-corrected chi connectivity index (χ3v) is 20.6. The molecule has 9 amide bonds. The number of nitrogens with one attached hydrogen (secondary N) is 7. The molecular weight excluding hydrogens is 1500 g/mol. The maximum absolute atomic E-state index is 15.3. The first-order valence-electron chi connectivity index (χ1n) is 37.2. The van der Waals surface area contributed by atoms with E-state index in [0.717, 1.165) is 11.8 Å². The molecule has 2 aromatic carbocycles. The minimum atomic E-state index is -1.88. The minimum Gasteiger partial charge on any atom is -0.481 e. The zero-order valence-electron chi connectivity index (χ0n) is 62.3. The standard InChI is InChI=1S/C74H103N17O19S2/c1-40(92)66-62(98)32-46(34-65(101)102)71(107)91-24-10-18-56(91)61(97)30-43(13-7-21-80-73(77)78)68(104)86-55(39-112)59(95)28-42(14-8-22-81-74(79)110)67(103)85-53(27-48-36-82-51-16-6-5-15-50(48)51)58(94)29-44(19-20-63(76)99)69(105)84-52(57(93)33-47(72(108)109)25-41-11-3-2-4-12-41)17-9-23-90-37-49(88-89-90)26-45(70(106)87-66)31-60(96)54(38-111)83-64(100)35-75/h2-6,11-12,15-16,36-37,40,42-47,52-56,66,82,92,111-112H,7-10,13-14,17-35,38-39,75H2,1H3,(H2,76,99)(H,83,100)(H,84,105)(H,85,103)(H,86,104)(H,87,106)(H,101,102)(H,108,109)(H4,77,78,80)(H3,79,81,110)/t40-,42-,43-,44-,45-,46+,47-,52+,53+,54+,55+,56+,66+/m1/s1. The Bertz CT molecular complexity index is 4040. The molecule has 1 saturated heterocycles. The summed E-state index contributed by atoms with van der Waals surface area (Å²) < 4.78 is 1.29. The molecule has 112 heavy (non-hydrogen) atoms. The fourth-order valence-corrected chi connectivity index (χ4v) is 14.4. The molecule has 0 radical (unpaired) electrons. The van der Waals surface area contributed by atoms with Crippen LogP contribution in [0.15, 0.2) is 72.0 Å². The first kappa shape index (κ1) is 90.4. The van der Waals surface area contributed by atoms with E-state index in [1.165, 1.54) is 10.9 Å². The number of ketones is 6. The summed E-state index contributed by atoms with van der Waals surface area (Å²) in [5.74, 6) is -23.5. The van der Waals surface area contributed by atoms with E-state index in [0.29, 0.717) is 22.0 Å². The van der Waals surface area contributed by atoms with Gasteiger partial charge in [-0.15, -0.1) is 5.10 Å². The summed E-state index contributed by atoms with van der Waals surface area (Å²) in [6.07, 6.45) is -5.70. The second kappa shape index (κ2) is 45.1. The van der Waals surface area contributed by atoms with Crippen LogP contribution in [-0.4, -0.2) is 220 Å². The minimum absolute atomic E-state index is 0.0222. The smallest absolute Gasteiger partial charge is 0.312 e. The predicted octanol–water partition coefficient (Wildman–Crippen LogP) is -1.03. The van der Waals surface area contributed by atoms with Crippen LogP contribution < -0.4 is 60.6 Å². The number of aliphatic imine (C=N–C) groups is 1. The summed E-state index contributed by atoms with van der Waals surface area (Å²) in [6, 6.07) is 5.60. The average molecular weight is 1600 g/mol. The molecule has 2 aliphatic rings. The topological polar surface area (TPSA) is 598 Å². The number of para-hydroxylation sites is 1. The van der Waals surface area contributed by atoms with Crippen molar-refractivity contribution in [3.8, 4) is 0 Å². The van der Waals surface area contributed by atoms with Crippen molar-refractivity contribution in [3.63, 3.8) is 0 Å². The molecule has 0 spiro atoms. The van der Waals surface area contributed by atoms with E-state index in [-0.39, 0.29) is 120 Å². The highest BCUT2D eigenvalue weighted by atomic mass is 32.1. The van der Waals surface area contributed by atoms with Crippen LogP contribution in [0.5, 0.6) is 0 Å². The van der Waals surface area contributed by atoms with Crippen molar-refractivity contribution >= 4 is 136 Å². The Hall–Kier alpha value is -10.5. The molecule has 2 aromatic heterocycles. The number of Topliss-reactive ketones (excluding diaryl/α,β-unsaturated/α-hetero) is 6. The van der Waals surface area contributed by atoms with Crippen molar-refractivity contribution in [1.29, 1.82) is 0 Å². The van der Waals surface area contributed by atoms with E-state index in [4.69, 9.17) is 28.7 Å². The van der Waals surface area contributed by atoms with Gasteiger partial charge in [-0.3, -0.25) is 81.6 Å². The molecule has 4 heterocycles. The average Bonchev–Trinajstić information content (AvgIpc) is 1.61. The summed E-state index contributed by atoms with van der Waals surface area (Å²) in [7, 11) is 0. The van der Waals surface area contributed by atoms with Gasteiger partial charge in [-0.1, -0.05) is 53.7 Å². The highest BCUT2D eigenvalue weighted by molar-refractivity contribution is 7.80. The van der Waals surface area contributed by atoms with Crippen molar-refractivity contribution in [2.24, 2.45) is 69.2 Å². The molecule has 0 aliphatic carbocycles. The zero-order chi connectivity index (χ0) is 82.3. The maximum Gasteiger partial charge on any atom is 0.312 e. The van der Waals surface area contributed by atoms with Crippen molar-refractivity contribution in [1.82, 2.24) is 56.8 Å². The molecular formula is C74H103N17O19S2. The van der Waals surface area contributed by atoms with Gasteiger partial charge in [0, 0.05) is 137 Å². The molecule has 2 aliphatic heterocycles. The van der Waals surface area contributed by atoms with Crippen LogP contribution in [-0.2, 0) is 97.7 Å². The predicted molar refractivity (Wildman–Crippen MR) is 412 cm³/mol. The highest BCUT2D eigenvalue weighted by Crippen LogP contribution is 2.30. The van der Waals surface area contributed by atoms with Crippen LogP contribution in [0, 0.1) is 35.5 Å². The lowest BCUT2D eigenvalue weighted by Gasteiger charge is -2.30. The summed E-state index contributed by atoms with van der Waals surface area (Å²) in [6.45, 7) is 0.273. The number of aromatic nitrogens is 4. The number of amides is 9. The Morgan fingerprint density at radius 2 is 1.31 bits per heavy atom. The summed E-state index contributed by atoms with van der Waals surface area (Å²) >= 11 is 8.64. The number of hydrogen-bond donors (Lipinski definition) is 17. The van der Waals surface area contributed by atoms with Crippen LogP contribution >= 0.6 is 25.3 Å². The number of carbonyl (C=O) groups excluding carboxylic acids is 14. The number of aromatic amines is 1. The number of aliphatic hydroxyl groups is 1. The van der Waals surface area contributed by atoms with Gasteiger partial charge in [0.1, 0.15) is 6.04 Å². The Balaban J connectivity index is 1.47. The number of primary amides is 2. The van der Waals surface area contributed by atoms with Gasteiger partial charge in [-0.05, 0) is 88.3 Å². The van der Waals surface area contributed by atoms with E-state index in [1.54, 1.807) is 60.8 Å². The number of nitrogens with zero attached hydrogens (tertiary/aromatic N) is 5. The largest absolute Gasteiger partial charge is 0.481 e. The number of aryl methyl sites for hydroxylation is 1. The highest BCUT2D eigenvalue weighted by Gasteiger charge is 2.43. The Kier molecular flexibility index (Phi) is 36.4. The number of benzene rings is 2. The Morgan fingerprint density at radius 3 is 1.95 bits per heavy atom. The second-order valence-electron chi connectivity index (χ2n) is 28.4. The number of nitrogens with two attached hydrogens (primary N) is 5. The fourth-order valence-electron chi connectivity index (χ4n) is 13.8. The Morgan fingerprint density at radius 1 is 0.696 bits per heavy atom. The van der Waals surface area contributed by atoms with E-state index in [1.807, 2.05) is 0 Å². The SMILES string of the molecule is C[C@@H](O)[C@@H]1NC(=O)[C@@H](CC(=O)[C@H](CS)NC(=O)CN)Cc2cn(nn2)CCC[C@@H](C(=O)C[C@@H](Cc2ccccc2)C(=O)O)NC(=O)[C@H](CCC(N)=O)CC(=O)[C@H](Cc2c[nH]c3ccccc23)NC(=O)[C@H](CCCNC(N)=O)CC(=O)[C@H](CS)NC(=O)[C@H](CCCN=C(N)N)CC(=O)[C@@H]2CCCN2C(=O)[C@H](CC(=O)O)CC1=O. The number of H-pyrrole nitrogens is 1. The van der Waals surface area contributed by atoms with E-state index in [9.17, 15) is 77.6 Å². The summed E-state index contributed by atoms with van der Waals surface area (Å²) in [4.78, 5) is 233. The molecule has 4 aromatic rings. The molecule has 38 heteroatoms. The lowest BCUT2D eigenvalue weighted by molar-refractivity contribution is -0.148. The number of carboxylic acids is 2. The number of aliphatic hydroxyl groups excluding tert-OH is 1. The molecule has 610 valence electrons. The number of thiol groups is 2. The van der Waals surface area contributed by atoms with Crippen LogP contribution in [0.1, 0.15) is 133 Å². The van der Waals surface area contributed by atoms with Gasteiger partial charge in [0.2, 0.25) is 41.4 Å². The molecule has 13 atom stereocenters. The summed E-state index contributed by atoms with van der Waals surface area (Å²) in [5.41, 5.74) is 29.5. The summed E-state index contributed by atoms with van der Waals surface area (Å²) in [5, 5.41) is 56.4. The van der Waals surface area contributed by atoms with Gasteiger partial charge in [-0.2, -0.15) is 25.3 Å². The van der Waals surface area contributed by atoms with Crippen molar-refractivity contribution < 1.29 is 92.0 Å². The van der Waals surface area contributed by atoms with Gasteiger partial charge in [0.05, 0.1) is 72.7 Å². The number of carbonyl (C=O) groups is 16. The molecule has 1 fully saturated rings. The lowest BCUT2D eigenvalue weighted by atomic mass is 9.88. The second-order valence-corrected chi connectivity index (χ2v) is 29.1. The Labute approximate surface area is 656 Å². The normalized spacial score (nSPS) is 22.9. The number of fused-ring (bicyclic) bond motifs is 4. The molecule has 2 bridgehead atoms. The maximum atomic E-state index is 15.3. The zero-order valence-corrected chi connectivity index (χ0v) is 64.1. The first-order chi connectivity index (χ1) is 53.3. The molecule has 20 N–H and O–H groups in total. The molecule has 0 unspecified atom stereocenters. The number of urea groups is 1. The first-order valence-corrected chi connectivity index (χ1v) is 38.4. The van der Waals surface area contributed by atoms with Gasteiger partial charge < -0.3 is 85.8 Å². The molecule has 0 saturated carbocycles. The van der Waals surface area contributed by atoms with E-state index >= 15 is 14.4 Å². The van der Waals surface area contributed by atoms with Crippen molar-refractivity contribution in [2.45, 2.75) is 184 Å². The van der Waals surface area contributed by atoms with Crippen molar-refractivity contribution in [2.75, 3.05) is 37.7 Å². The van der Waals surface area contributed by atoms with Crippen LogP contribution in [0.3, 0.4) is 0 Å². The van der Waals surface area contributed by atoms with Gasteiger partial charge in [-0.25, -0.2) is 4.79 Å². The number of hydrogen-bond acceptors (Lipinski definition) is 23. The van der Waals surface area contributed by atoms with Gasteiger partial charge >= 0.3 is 18.0 Å². The monoisotopic (exact) mass is 1600 g/mol.